The molecule has 0 bridgehead atoms. The summed E-state index contributed by atoms with van der Waals surface area (Å²) in [5.74, 6) is 0.517. The molecule has 1 atom stereocenters. The van der Waals surface area contributed by atoms with Gasteiger partial charge in [-0.2, -0.15) is 13.2 Å². The van der Waals surface area contributed by atoms with Crippen LogP contribution in [-0.2, 0) is 6.18 Å². The molecule has 0 amide bonds. The molecule has 0 N–H and O–H groups in total. The normalized spacial score (nSPS) is 13.6. The number of rotatable bonds is 7. The van der Waals surface area contributed by atoms with Crippen LogP contribution in [0.5, 0.6) is 5.75 Å². The Bertz CT molecular complexity index is 464. The van der Waals surface area contributed by atoms with Gasteiger partial charge in [0.1, 0.15) is 5.75 Å². The first-order valence-corrected chi connectivity index (χ1v) is 7.34. The SMILES string of the molecule is CC/C=C\CC(CCC)c1ccc(C(F)(F)F)cc1OC. The maximum atomic E-state index is 12.8. The van der Waals surface area contributed by atoms with Crippen molar-refractivity contribution < 1.29 is 17.9 Å². The summed E-state index contributed by atoms with van der Waals surface area (Å²) >= 11 is 0. The second-order valence-corrected chi connectivity index (χ2v) is 5.06. The Morgan fingerprint density at radius 1 is 1.19 bits per heavy atom. The van der Waals surface area contributed by atoms with E-state index in [0.717, 1.165) is 43.4 Å². The van der Waals surface area contributed by atoms with Gasteiger partial charge in [-0.05, 0) is 42.9 Å². The zero-order valence-electron chi connectivity index (χ0n) is 12.8. The van der Waals surface area contributed by atoms with Gasteiger partial charge in [-0.1, -0.05) is 38.5 Å². The molecule has 1 aromatic carbocycles. The molecule has 1 rings (SSSR count). The Kier molecular flexibility index (Phi) is 6.79. The summed E-state index contributed by atoms with van der Waals surface area (Å²) in [6.07, 6.45) is 3.53. The molecule has 1 unspecified atom stereocenters. The smallest absolute Gasteiger partial charge is 0.416 e. The lowest BCUT2D eigenvalue weighted by Crippen LogP contribution is -2.07. The van der Waals surface area contributed by atoms with Gasteiger partial charge in [-0.15, -0.1) is 0 Å². The fraction of sp³-hybridized carbons (Fsp3) is 0.529. The molecule has 118 valence electrons. The highest BCUT2D eigenvalue weighted by atomic mass is 19.4. The van der Waals surface area contributed by atoms with Crippen LogP contribution >= 0.6 is 0 Å². The minimum atomic E-state index is -4.34. The van der Waals surface area contributed by atoms with Crippen LogP contribution in [0, 0.1) is 0 Å². The van der Waals surface area contributed by atoms with E-state index >= 15 is 0 Å². The van der Waals surface area contributed by atoms with Crippen LogP contribution in [0.4, 0.5) is 13.2 Å². The molecule has 0 heterocycles. The van der Waals surface area contributed by atoms with E-state index in [1.165, 1.54) is 7.11 Å². The molecule has 0 aliphatic carbocycles. The monoisotopic (exact) mass is 300 g/mol. The van der Waals surface area contributed by atoms with Crippen molar-refractivity contribution in [3.05, 3.63) is 41.5 Å². The zero-order chi connectivity index (χ0) is 15.9. The quantitative estimate of drug-likeness (QED) is 0.565. The number of alkyl halides is 3. The Morgan fingerprint density at radius 3 is 2.43 bits per heavy atom. The van der Waals surface area contributed by atoms with E-state index in [2.05, 4.69) is 26.0 Å². The third-order valence-corrected chi connectivity index (χ3v) is 3.46. The minimum Gasteiger partial charge on any atom is -0.496 e. The lowest BCUT2D eigenvalue weighted by molar-refractivity contribution is -0.137. The van der Waals surface area contributed by atoms with Gasteiger partial charge in [0.15, 0.2) is 0 Å². The molecule has 0 aromatic heterocycles. The van der Waals surface area contributed by atoms with E-state index < -0.39 is 11.7 Å². The molecule has 4 heteroatoms. The number of allylic oxidation sites excluding steroid dienone is 2. The largest absolute Gasteiger partial charge is 0.496 e. The first kappa shape index (κ1) is 17.6. The van der Waals surface area contributed by atoms with Gasteiger partial charge >= 0.3 is 6.18 Å². The van der Waals surface area contributed by atoms with Crippen molar-refractivity contribution in [1.82, 2.24) is 0 Å². The highest BCUT2D eigenvalue weighted by Crippen LogP contribution is 2.38. The van der Waals surface area contributed by atoms with E-state index in [0.29, 0.717) is 5.75 Å². The Balaban J connectivity index is 3.09. The molecule has 0 saturated carbocycles. The highest BCUT2D eigenvalue weighted by Gasteiger charge is 2.31. The topological polar surface area (TPSA) is 9.23 Å². The number of ether oxygens (including phenoxy) is 1. The average Bonchev–Trinajstić information content (AvgIpc) is 2.45. The van der Waals surface area contributed by atoms with Crippen molar-refractivity contribution in [2.45, 2.75) is 51.6 Å². The molecule has 21 heavy (non-hydrogen) atoms. The second kappa shape index (κ2) is 8.11. The minimum absolute atomic E-state index is 0.190. The maximum Gasteiger partial charge on any atom is 0.416 e. The van der Waals surface area contributed by atoms with E-state index in [1.54, 1.807) is 6.07 Å². The standard InChI is InChI=1S/C17H23F3O/c1-4-6-7-9-13(8-5-2)15-11-10-14(17(18,19)20)12-16(15)21-3/h6-7,10-13H,4-5,8-9H2,1-3H3/b7-6-. The lowest BCUT2D eigenvalue weighted by Gasteiger charge is -2.19. The summed E-state index contributed by atoms with van der Waals surface area (Å²) in [5, 5.41) is 0. The summed E-state index contributed by atoms with van der Waals surface area (Å²) in [6, 6.07) is 3.80. The fourth-order valence-electron chi connectivity index (χ4n) is 2.40. The molecule has 0 fully saturated rings. The average molecular weight is 300 g/mol. The number of methoxy groups -OCH3 is 1. The van der Waals surface area contributed by atoms with Crippen LogP contribution in [0.3, 0.4) is 0 Å². The molecule has 0 aliphatic heterocycles. The zero-order valence-corrected chi connectivity index (χ0v) is 12.8. The van der Waals surface area contributed by atoms with Crippen molar-refractivity contribution >= 4 is 0 Å². The molecule has 1 aromatic rings. The summed E-state index contributed by atoms with van der Waals surface area (Å²) in [4.78, 5) is 0. The number of hydrogen-bond donors (Lipinski definition) is 0. The number of benzene rings is 1. The van der Waals surface area contributed by atoms with Crippen LogP contribution < -0.4 is 4.74 Å². The van der Waals surface area contributed by atoms with Crippen LogP contribution in [0.25, 0.3) is 0 Å². The van der Waals surface area contributed by atoms with Gasteiger partial charge in [0.25, 0.3) is 0 Å². The van der Waals surface area contributed by atoms with Gasteiger partial charge in [-0.25, -0.2) is 0 Å². The van der Waals surface area contributed by atoms with Crippen molar-refractivity contribution in [3.63, 3.8) is 0 Å². The van der Waals surface area contributed by atoms with E-state index in [4.69, 9.17) is 4.74 Å². The van der Waals surface area contributed by atoms with Crippen molar-refractivity contribution in [2.24, 2.45) is 0 Å². The van der Waals surface area contributed by atoms with E-state index in [1.807, 2.05) is 0 Å². The van der Waals surface area contributed by atoms with Crippen LogP contribution in [0.1, 0.15) is 56.6 Å². The molecule has 0 spiro atoms. The summed E-state index contributed by atoms with van der Waals surface area (Å²) in [5.41, 5.74) is 0.190. The van der Waals surface area contributed by atoms with Crippen molar-refractivity contribution in [1.29, 1.82) is 0 Å². The van der Waals surface area contributed by atoms with Gasteiger partial charge in [0.2, 0.25) is 0 Å². The summed E-state index contributed by atoms with van der Waals surface area (Å²) in [6.45, 7) is 4.14. The maximum absolute atomic E-state index is 12.8. The van der Waals surface area contributed by atoms with Gasteiger partial charge in [-0.3, -0.25) is 0 Å². The van der Waals surface area contributed by atoms with E-state index in [-0.39, 0.29) is 5.92 Å². The molecule has 0 aliphatic rings. The predicted octanol–water partition coefficient (Wildman–Crippen LogP) is 5.95. The van der Waals surface area contributed by atoms with E-state index in [9.17, 15) is 13.2 Å². The first-order valence-electron chi connectivity index (χ1n) is 7.34. The highest BCUT2D eigenvalue weighted by molar-refractivity contribution is 5.41. The Morgan fingerprint density at radius 2 is 1.90 bits per heavy atom. The number of halogens is 3. The third-order valence-electron chi connectivity index (χ3n) is 3.46. The van der Waals surface area contributed by atoms with Gasteiger partial charge in [0, 0.05) is 0 Å². The molecular weight excluding hydrogens is 277 g/mol. The van der Waals surface area contributed by atoms with Crippen molar-refractivity contribution in [3.8, 4) is 5.75 Å². The third kappa shape index (κ3) is 5.10. The number of hydrogen-bond acceptors (Lipinski definition) is 1. The van der Waals surface area contributed by atoms with Crippen LogP contribution in [-0.4, -0.2) is 7.11 Å². The first-order chi connectivity index (χ1) is 9.93. The molecular formula is C17H23F3O. The molecule has 0 radical (unpaired) electrons. The van der Waals surface area contributed by atoms with Gasteiger partial charge in [0.05, 0.1) is 12.7 Å². The van der Waals surface area contributed by atoms with Crippen molar-refractivity contribution in [2.75, 3.05) is 7.11 Å². The molecule has 0 saturated heterocycles. The van der Waals surface area contributed by atoms with Crippen LogP contribution in [0.15, 0.2) is 30.4 Å². The Labute approximate surface area is 124 Å². The molecule has 1 nitrogen and oxygen atoms in total. The predicted molar refractivity (Wildman–Crippen MR) is 79.7 cm³/mol. The van der Waals surface area contributed by atoms with Gasteiger partial charge < -0.3 is 4.74 Å². The summed E-state index contributed by atoms with van der Waals surface area (Å²) in [7, 11) is 1.42. The summed E-state index contributed by atoms with van der Waals surface area (Å²) < 4.78 is 43.5. The lowest BCUT2D eigenvalue weighted by atomic mass is 9.89. The van der Waals surface area contributed by atoms with Crippen LogP contribution in [0.2, 0.25) is 0 Å². The second-order valence-electron chi connectivity index (χ2n) is 5.06. The Hall–Kier alpha value is -1.45. The fourth-order valence-corrected chi connectivity index (χ4v) is 2.40.